The maximum Gasteiger partial charge on any atom is 0.217 e. The lowest BCUT2D eigenvalue weighted by atomic mass is 10.1. The van der Waals surface area contributed by atoms with E-state index < -0.39 is 0 Å². The second kappa shape index (κ2) is 17.4. The van der Waals surface area contributed by atoms with E-state index in [4.69, 9.17) is 5.11 Å². The molecule has 0 heterocycles. The quantitative estimate of drug-likeness (QED) is 0.590. The predicted molar refractivity (Wildman–Crippen MR) is 83.3 cm³/mol. The Kier molecular flexibility index (Phi) is 19.0. The molecule has 0 aliphatic rings. The molecule has 0 unspecified atom stereocenters. The fourth-order valence-electron chi connectivity index (χ4n) is 1.78. The number of unbranched alkanes of at least 4 members (excludes halogenated alkanes) is 8. The summed E-state index contributed by atoms with van der Waals surface area (Å²) in [4.78, 5) is 10.2. The molecule has 2 N–H and O–H groups in total. The molecule has 0 radical (unpaired) electrons. The van der Waals surface area contributed by atoms with Crippen LogP contribution in [0, 0.1) is 0 Å². The first kappa shape index (κ1) is 20.7. The normalized spacial score (nSPS) is 11.4. The van der Waals surface area contributed by atoms with Crippen LogP contribution in [-0.4, -0.2) is 23.7 Å². The Labute approximate surface area is 120 Å². The molecule has 1 atom stereocenters. The van der Waals surface area contributed by atoms with Crippen molar-refractivity contribution in [2.45, 2.75) is 91.5 Å². The lowest BCUT2D eigenvalue weighted by Gasteiger charge is -2.06. The van der Waals surface area contributed by atoms with Crippen LogP contribution >= 0.6 is 0 Å². The van der Waals surface area contributed by atoms with Crippen molar-refractivity contribution in [2.75, 3.05) is 6.61 Å². The second-order valence-electron chi connectivity index (χ2n) is 5.26. The van der Waals surface area contributed by atoms with Crippen molar-refractivity contribution in [1.82, 2.24) is 5.32 Å². The van der Waals surface area contributed by atoms with Gasteiger partial charge in [0, 0.05) is 13.0 Å². The van der Waals surface area contributed by atoms with E-state index in [1.807, 2.05) is 0 Å². The third-order valence-corrected chi connectivity index (χ3v) is 2.93. The van der Waals surface area contributed by atoms with Crippen molar-refractivity contribution in [3.8, 4) is 0 Å². The minimum Gasteiger partial charge on any atom is -0.394 e. The molecule has 19 heavy (non-hydrogen) atoms. The summed E-state index contributed by atoms with van der Waals surface area (Å²) in [5.74, 6) is -0.105. The summed E-state index contributed by atoms with van der Waals surface area (Å²) in [5, 5.41) is 10.9. The van der Waals surface area contributed by atoms with Crippen LogP contribution in [0.25, 0.3) is 0 Å². The minimum atomic E-state index is -0.118. The molecular formula is C16H35NO2. The van der Waals surface area contributed by atoms with Gasteiger partial charge in [-0.15, -0.1) is 0 Å². The van der Waals surface area contributed by atoms with E-state index in [1.165, 1.54) is 64.7 Å². The average molecular weight is 273 g/mol. The number of aliphatic hydroxyl groups excluding tert-OH is 1. The van der Waals surface area contributed by atoms with Crippen LogP contribution in [0.2, 0.25) is 0 Å². The van der Waals surface area contributed by atoms with Gasteiger partial charge in [-0.1, -0.05) is 71.6 Å². The number of nitrogens with one attached hydrogen (secondary N) is 1. The molecule has 0 spiro atoms. The van der Waals surface area contributed by atoms with Gasteiger partial charge in [0.2, 0.25) is 5.91 Å². The molecular weight excluding hydrogens is 238 g/mol. The third-order valence-electron chi connectivity index (χ3n) is 2.93. The van der Waals surface area contributed by atoms with Gasteiger partial charge >= 0.3 is 0 Å². The predicted octanol–water partition coefficient (Wildman–Crippen LogP) is 4.04. The summed E-state index contributed by atoms with van der Waals surface area (Å²) < 4.78 is 0. The molecule has 0 aromatic rings. The van der Waals surface area contributed by atoms with Crippen LogP contribution in [0.1, 0.15) is 85.5 Å². The Balaban J connectivity index is 0. The molecule has 0 aliphatic carbocycles. The van der Waals surface area contributed by atoms with Gasteiger partial charge in [0.15, 0.2) is 0 Å². The highest BCUT2D eigenvalue weighted by Gasteiger charge is 1.97. The Bertz CT molecular complexity index is 176. The molecule has 0 aromatic carbocycles. The largest absolute Gasteiger partial charge is 0.394 e. The van der Waals surface area contributed by atoms with Crippen LogP contribution in [0.15, 0.2) is 0 Å². The summed E-state index contributed by atoms with van der Waals surface area (Å²) in [6.45, 7) is 7.71. The molecule has 0 bridgehead atoms. The van der Waals surface area contributed by atoms with E-state index in [9.17, 15) is 4.79 Å². The monoisotopic (exact) mass is 273 g/mol. The molecule has 0 rings (SSSR count). The van der Waals surface area contributed by atoms with Gasteiger partial charge in [0.1, 0.15) is 0 Å². The number of aliphatic hydroxyl groups is 1. The van der Waals surface area contributed by atoms with Gasteiger partial charge in [-0.3, -0.25) is 4.79 Å². The molecule has 0 saturated carbocycles. The number of rotatable bonds is 10. The number of amides is 1. The summed E-state index contributed by atoms with van der Waals surface area (Å²) in [6, 6.07) is -0.118. The molecule has 0 saturated heterocycles. The number of hydrogen-bond acceptors (Lipinski definition) is 2. The highest BCUT2D eigenvalue weighted by molar-refractivity contribution is 5.73. The SMILES string of the molecule is CC(=O)N[C@H](C)CO.CCCCCCCCCCC. The minimum absolute atomic E-state index is 0.000417. The summed E-state index contributed by atoms with van der Waals surface area (Å²) in [6.07, 6.45) is 13.0. The van der Waals surface area contributed by atoms with Gasteiger partial charge in [0.05, 0.1) is 6.61 Å². The van der Waals surface area contributed by atoms with Crippen LogP contribution in [-0.2, 0) is 4.79 Å². The lowest BCUT2D eigenvalue weighted by molar-refractivity contribution is -0.119. The van der Waals surface area contributed by atoms with E-state index in [-0.39, 0.29) is 18.6 Å². The van der Waals surface area contributed by atoms with Crippen LogP contribution in [0.3, 0.4) is 0 Å². The van der Waals surface area contributed by atoms with Crippen molar-refractivity contribution in [3.63, 3.8) is 0 Å². The lowest BCUT2D eigenvalue weighted by Crippen LogP contribution is -2.32. The van der Waals surface area contributed by atoms with Gasteiger partial charge < -0.3 is 10.4 Å². The topological polar surface area (TPSA) is 49.3 Å². The fraction of sp³-hybridized carbons (Fsp3) is 0.938. The molecule has 3 heteroatoms. The number of carbonyl (C=O) groups is 1. The molecule has 3 nitrogen and oxygen atoms in total. The number of hydrogen-bond donors (Lipinski definition) is 2. The van der Waals surface area contributed by atoms with E-state index in [0.29, 0.717) is 0 Å². The van der Waals surface area contributed by atoms with Gasteiger partial charge in [-0.25, -0.2) is 0 Å². The van der Waals surface area contributed by atoms with E-state index in [1.54, 1.807) is 6.92 Å². The van der Waals surface area contributed by atoms with Crippen molar-refractivity contribution >= 4 is 5.91 Å². The average Bonchev–Trinajstić information content (AvgIpc) is 2.38. The first-order valence-electron chi connectivity index (χ1n) is 7.96. The maximum atomic E-state index is 10.2. The third kappa shape index (κ3) is 23.0. The van der Waals surface area contributed by atoms with E-state index in [2.05, 4.69) is 19.2 Å². The zero-order chi connectivity index (χ0) is 14.9. The van der Waals surface area contributed by atoms with Gasteiger partial charge in [-0.05, 0) is 6.92 Å². The fourth-order valence-corrected chi connectivity index (χ4v) is 1.78. The molecule has 0 aromatic heterocycles. The highest BCUT2D eigenvalue weighted by Crippen LogP contribution is 2.08. The highest BCUT2D eigenvalue weighted by atomic mass is 16.3. The standard InChI is InChI=1S/C11H24.C5H11NO2/c1-3-5-7-9-11-10-8-6-4-2;1-4(3-7)6-5(2)8/h3-11H2,1-2H3;4,7H,3H2,1-2H3,(H,6,8)/t;4-/m.1/s1. The van der Waals surface area contributed by atoms with E-state index >= 15 is 0 Å². The van der Waals surface area contributed by atoms with Gasteiger partial charge in [-0.2, -0.15) is 0 Å². The molecule has 1 amide bonds. The Morgan fingerprint density at radius 2 is 1.32 bits per heavy atom. The van der Waals surface area contributed by atoms with Crippen LogP contribution in [0.4, 0.5) is 0 Å². The Hall–Kier alpha value is -0.570. The zero-order valence-electron chi connectivity index (χ0n) is 13.5. The molecule has 116 valence electrons. The smallest absolute Gasteiger partial charge is 0.217 e. The Morgan fingerprint density at radius 1 is 0.947 bits per heavy atom. The molecule has 0 fully saturated rings. The second-order valence-corrected chi connectivity index (χ2v) is 5.26. The van der Waals surface area contributed by atoms with E-state index in [0.717, 1.165) is 0 Å². The summed E-state index contributed by atoms with van der Waals surface area (Å²) in [7, 11) is 0. The first-order chi connectivity index (χ1) is 9.08. The van der Waals surface area contributed by atoms with Crippen LogP contribution in [0.5, 0.6) is 0 Å². The van der Waals surface area contributed by atoms with Crippen molar-refractivity contribution in [1.29, 1.82) is 0 Å². The summed E-state index contributed by atoms with van der Waals surface area (Å²) >= 11 is 0. The van der Waals surface area contributed by atoms with Crippen LogP contribution < -0.4 is 5.32 Å². The van der Waals surface area contributed by atoms with Gasteiger partial charge in [0.25, 0.3) is 0 Å². The maximum absolute atomic E-state index is 10.2. The molecule has 0 aliphatic heterocycles. The van der Waals surface area contributed by atoms with Crippen molar-refractivity contribution in [2.24, 2.45) is 0 Å². The Morgan fingerprint density at radius 3 is 1.53 bits per heavy atom. The number of carbonyl (C=O) groups excluding carboxylic acids is 1. The summed E-state index contributed by atoms with van der Waals surface area (Å²) in [5.41, 5.74) is 0. The zero-order valence-corrected chi connectivity index (χ0v) is 13.5. The van der Waals surface area contributed by atoms with Crippen molar-refractivity contribution < 1.29 is 9.90 Å². The first-order valence-corrected chi connectivity index (χ1v) is 7.96. The van der Waals surface area contributed by atoms with Crippen molar-refractivity contribution in [3.05, 3.63) is 0 Å².